The molecule has 0 bridgehead atoms. The van der Waals surface area contributed by atoms with Crippen LogP contribution in [-0.2, 0) is 0 Å². The van der Waals surface area contributed by atoms with E-state index in [9.17, 15) is 0 Å². The Labute approximate surface area is 161 Å². The molecule has 0 aliphatic rings. The minimum atomic E-state index is 0.435. The van der Waals surface area contributed by atoms with E-state index in [-0.39, 0.29) is 0 Å². The summed E-state index contributed by atoms with van der Waals surface area (Å²) >= 11 is 28.9. The highest BCUT2D eigenvalue weighted by molar-refractivity contribution is 6.43. The molecule has 0 saturated heterocycles. The molecule has 0 atom stereocenters. The molecule has 0 aliphatic heterocycles. The van der Waals surface area contributed by atoms with Crippen LogP contribution in [0.1, 0.15) is 19.4 Å². The van der Waals surface area contributed by atoms with Crippen molar-refractivity contribution < 1.29 is 4.74 Å². The molecule has 0 saturated carbocycles. The second-order valence-corrected chi connectivity index (χ2v) is 6.36. The summed E-state index contributed by atoms with van der Waals surface area (Å²) in [6.45, 7) is 4.38. The molecule has 0 radical (unpaired) electrons. The Balaban J connectivity index is 0.000000231. The fourth-order valence-electron chi connectivity index (χ4n) is 1.59. The number of rotatable bonds is 3. The van der Waals surface area contributed by atoms with Crippen molar-refractivity contribution in [2.45, 2.75) is 13.8 Å². The largest absolute Gasteiger partial charge is 0.492 e. The quantitative estimate of drug-likeness (QED) is 0.463. The van der Waals surface area contributed by atoms with Crippen molar-refractivity contribution in [1.82, 2.24) is 0 Å². The first-order valence-electron chi connectivity index (χ1n) is 6.74. The maximum Gasteiger partial charge on any atom is 0.139 e. The van der Waals surface area contributed by atoms with Crippen LogP contribution in [0.25, 0.3) is 6.08 Å². The molecule has 2 aromatic rings. The Morgan fingerprint density at radius 2 is 1.52 bits per heavy atom. The van der Waals surface area contributed by atoms with Crippen LogP contribution >= 0.6 is 58.0 Å². The Morgan fingerprint density at radius 3 is 2.09 bits per heavy atom. The Bertz CT molecular complexity index is 683. The zero-order valence-electron chi connectivity index (χ0n) is 12.5. The van der Waals surface area contributed by atoms with E-state index in [0.29, 0.717) is 37.5 Å². The summed E-state index contributed by atoms with van der Waals surface area (Å²) in [5.41, 5.74) is 0.999. The van der Waals surface area contributed by atoms with Crippen LogP contribution < -0.4 is 4.74 Å². The molecule has 23 heavy (non-hydrogen) atoms. The lowest BCUT2D eigenvalue weighted by Crippen LogP contribution is -1.91. The van der Waals surface area contributed by atoms with E-state index in [1.54, 1.807) is 18.2 Å². The molecule has 1 nitrogen and oxygen atoms in total. The molecule has 0 aliphatic carbocycles. The molecule has 2 rings (SSSR count). The number of allylic oxidation sites excluding steroid dienone is 1. The smallest absolute Gasteiger partial charge is 0.139 e. The zero-order chi connectivity index (χ0) is 17.4. The maximum absolute atomic E-state index is 5.87. The molecule has 0 aromatic heterocycles. The van der Waals surface area contributed by atoms with Gasteiger partial charge in [-0.2, -0.15) is 0 Å². The third kappa shape index (κ3) is 6.82. The normalized spacial score (nSPS) is 10.4. The topological polar surface area (TPSA) is 9.23 Å². The lowest BCUT2D eigenvalue weighted by molar-refractivity contribution is 0.340. The summed E-state index contributed by atoms with van der Waals surface area (Å²) in [5, 5.41) is 2.72. The van der Waals surface area contributed by atoms with Gasteiger partial charge in [-0.25, -0.2) is 0 Å². The van der Waals surface area contributed by atoms with Crippen molar-refractivity contribution in [3.05, 3.63) is 67.1 Å². The van der Waals surface area contributed by atoms with Crippen LogP contribution in [0, 0.1) is 0 Å². The van der Waals surface area contributed by atoms with Crippen LogP contribution in [-0.4, -0.2) is 6.61 Å². The van der Waals surface area contributed by atoms with E-state index in [0.717, 1.165) is 5.56 Å². The zero-order valence-corrected chi connectivity index (χ0v) is 16.3. The molecule has 124 valence electrons. The van der Waals surface area contributed by atoms with Gasteiger partial charge in [0.1, 0.15) is 5.75 Å². The van der Waals surface area contributed by atoms with E-state index < -0.39 is 0 Å². The molecule has 6 heteroatoms. The molecule has 0 heterocycles. The molecule has 0 unspecified atom stereocenters. The predicted molar refractivity (Wildman–Crippen MR) is 104 cm³/mol. The average molecular weight is 413 g/mol. The number of halogens is 5. The third-order valence-corrected chi connectivity index (χ3v) is 4.16. The highest BCUT2D eigenvalue weighted by Crippen LogP contribution is 2.33. The van der Waals surface area contributed by atoms with E-state index in [1.165, 1.54) is 0 Å². The lowest BCUT2D eigenvalue weighted by atomic mass is 10.2. The Hall–Kier alpha value is -0.570. The number of hydrogen-bond acceptors (Lipinski definition) is 1. The van der Waals surface area contributed by atoms with Gasteiger partial charge in [0.25, 0.3) is 0 Å². The lowest BCUT2D eigenvalue weighted by Gasteiger charge is -2.06. The molecule has 0 spiro atoms. The van der Waals surface area contributed by atoms with Gasteiger partial charge in [-0.3, -0.25) is 0 Å². The van der Waals surface area contributed by atoms with Gasteiger partial charge in [0.2, 0.25) is 0 Å². The molecular formula is C17H15Cl5O. The van der Waals surface area contributed by atoms with Crippen molar-refractivity contribution >= 4 is 64.1 Å². The Kier molecular flexibility index (Phi) is 9.19. The van der Waals surface area contributed by atoms with Gasteiger partial charge in [0.05, 0.1) is 21.7 Å². The minimum Gasteiger partial charge on any atom is -0.492 e. The second kappa shape index (κ2) is 10.3. The standard InChI is InChI=1S/C9H8Cl2.C8H7Cl3O/c1-2-3-7-4-5-8(10)6-9(7)11;1-2-12-8-4-6(10)5(9)3-7(8)11/h2-6H,1H3;3-4H,2H2,1H3/b3-2+;. The second-order valence-electron chi connectivity index (χ2n) is 4.30. The van der Waals surface area contributed by atoms with Crippen molar-refractivity contribution in [3.8, 4) is 5.75 Å². The SMILES string of the molecule is C/C=C/c1ccc(Cl)cc1Cl.CCOc1cc(Cl)c(Cl)cc1Cl. The summed E-state index contributed by atoms with van der Waals surface area (Å²) in [7, 11) is 0. The van der Waals surface area contributed by atoms with Gasteiger partial charge in [0, 0.05) is 16.1 Å². The van der Waals surface area contributed by atoms with Crippen molar-refractivity contribution in [3.63, 3.8) is 0 Å². The van der Waals surface area contributed by atoms with Crippen LogP contribution in [0.4, 0.5) is 0 Å². The summed E-state index contributed by atoms with van der Waals surface area (Å²) in [4.78, 5) is 0. The van der Waals surface area contributed by atoms with Gasteiger partial charge in [-0.1, -0.05) is 76.2 Å². The number of hydrogen-bond donors (Lipinski definition) is 0. The number of ether oxygens (including phenoxy) is 1. The molecular weight excluding hydrogens is 397 g/mol. The first kappa shape index (κ1) is 20.5. The highest BCUT2D eigenvalue weighted by Gasteiger charge is 2.05. The average Bonchev–Trinajstić information content (AvgIpc) is 2.49. The van der Waals surface area contributed by atoms with Crippen LogP contribution in [0.15, 0.2) is 36.4 Å². The first-order chi connectivity index (χ1) is 10.9. The van der Waals surface area contributed by atoms with Gasteiger partial charge in [-0.15, -0.1) is 0 Å². The van der Waals surface area contributed by atoms with Crippen molar-refractivity contribution in [1.29, 1.82) is 0 Å². The van der Waals surface area contributed by atoms with E-state index in [2.05, 4.69) is 0 Å². The number of benzene rings is 2. The van der Waals surface area contributed by atoms with E-state index in [1.807, 2.05) is 38.1 Å². The summed E-state index contributed by atoms with van der Waals surface area (Å²) in [6.07, 6.45) is 3.88. The molecule has 0 fully saturated rings. The van der Waals surface area contributed by atoms with Crippen LogP contribution in [0.3, 0.4) is 0 Å². The summed E-state index contributed by atoms with van der Waals surface area (Å²) < 4.78 is 5.20. The summed E-state index contributed by atoms with van der Waals surface area (Å²) in [5.74, 6) is 0.563. The van der Waals surface area contributed by atoms with Crippen molar-refractivity contribution in [2.75, 3.05) is 6.61 Å². The Morgan fingerprint density at radius 1 is 0.870 bits per heavy atom. The van der Waals surface area contributed by atoms with Crippen LogP contribution in [0.5, 0.6) is 5.75 Å². The first-order valence-corrected chi connectivity index (χ1v) is 8.63. The fraction of sp³-hybridized carbons (Fsp3) is 0.176. The minimum absolute atomic E-state index is 0.435. The third-order valence-electron chi connectivity index (χ3n) is 2.58. The molecule has 0 amide bonds. The van der Waals surface area contributed by atoms with Crippen molar-refractivity contribution in [2.24, 2.45) is 0 Å². The monoisotopic (exact) mass is 410 g/mol. The fourth-order valence-corrected chi connectivity index (χ4v) is 2.65. The summed E-state index contributed by atoms with van der Waals surface area (Å²) in [6, 6.07) is 8.62. The molecule has 2 aromatic carbocycles. The van der Waals surface area contributed by atoms with Crippen LogP contribution in [0.2, 0.25) is 25.1 Å². The van der Waals surface area contributed by atoms with Gasteiger partial charge in [-0.05, 0) is 37.6 Å². The van der Waals surface area contributed by atoms with Gasteiger partial charge >= 0.3 is 0 Å². The molecule has 0 N–H and O–H groups in total. The maximum atomic E-state index is 5.87. The predicted octanol–water partition coefficient (Wildman–Crippen LogP) is 8.07. The van der Waals surface area contributed by atoms with E-state index >= 15 is 0 Å². The van der Waals surface area contributed by atoms with E-state index in [4.69, 9.17) is 62.7 Å². The van der Waals surface area contributed by atoms with Gasteiger partial charge < -0.3 is 4.74 Å². The van der Waals surface area contributed by atoms with Gasteiger partial charge in [0.15, 0.2) is 0 Å². The highest BCUT2D eigenvalue weighted by atomic mass is 35.5.